The highest BCUT2D eigenvalue weighted by Gasteiger charge is 2.22. The summed E-state index contributed by atoms with van der Waals surface area (Å²) < 4.78 is 5.87. The van der Waals surface area contributed by atoms with Gasteiger partial charge in [-0.15, -0.1) is 0 Å². The van der Waals surface area contributed by atoms with Crippen LogP contribution in [0.15, 0.2) is 18.2 Å². The lowest BCUT2D eigenvalue weighted by Gasteiger charge is -2.16. The summed E-state index contributed by atoms with van der Waals surface area (Å²) in [6.45, 7) is 1.92. The zero-order valence-corrected chi connectivity index (χ0v) is 10.5. The SMILES string of the molecule is CN1CCC(Oc2cc(Cl)ccc2C(=N)N)C1. The molecule has 0 aliphatic carbocycles. The van der Waals surface area contributed by atoms with Crippen LogP contribution in [0.3, 0.4) is 0 Å². The van der Waals surface area contributed by atoms with Crippen LogP contribution in [0.5, 0.6) is 5.75 Å². The van der Waals surface area contributed by atoms with Crippen molar-refractivity contribution in [3.05, 3.63) is 28.8 Å². The van der Waals surface area contributed by atoms with Gasteiger partial charge in [-0.3, -0.25) is 5.41 Å². The molecular formula is C12H16ClN3O. The third-order valence-corrected chi connectivity index (χ3v) is 3.11. The molecule has 0 bridgehead atoms. The molecule has 1 atom stereocenters. The summed E-state index contributed by atoms with van der Waals surface area (Å²) in [7, 11) is 2.06. The lowest BCUT2D eigenvalue weighted by molar-refractivity contribution is 0.208. The van der Waals surface area contributed by atoms with Crippen molar-refractivity contribution < 1.29 is 4.74 Å². The monoisotopic (exact) mass is 253 g/mol. The van der Waals surface area contributed by atoms with Gasteiger partial charge in [0.2, 0.25) is 0 Å². The number of halogens is 1. The summed E-state index contributed by atoms with van der Waals surface area (Å²) in [5, 5.41) is 8.10. The summed E-state index contributed by atoms with van der Waals surface area (Å²) in [4.78, 5) is 2.21. The molecule has 1 fully saturated rings. The number of likely N-dealkylation sites (N-methyl/N-ethyl adjacent to an activating group) is 1. The first-order chi connectivity index (χ1) is 8.06. The number of nitrogens with two attached hydrogens (primary N) is 1. The second kappa shape index (κ2) is 4.94. The number of rotatable bonds is 3. The summed E-state index contributed by atoms with van der Waals surface area (Å²) in [6, 6.07) is 5.15. The Morgan fingerprint density at radius 1 is 1.59 bits per heavy atom. The molecule has 0 saturated carbocycles. The number of nitrogen functional groups attached to an aromatic ring is 1. The zero-order valence-electron chi connectivity index (χ0n) is 9.74. The van der Waals surface area contributed by atoms with E-state index in [1.165, 1.54) is 0 Å². The number of benzene rings is 1. The van der Waals surface area contributed by atoms with Crippen LogP contribution in [-0.4, -0.2) is 37.0 Å². The number of likely N-dealkylation sites (tertiary alicyclic amines) is 1. The first-order valence-electron chi connectivity index (χ1n) is 5.55. The van der Waals surface area contributed by atoms with Crippen LogP contribution in [0.1, 0.15) is 12.0 Å². The van der Waals surface area contributed by atoms with Gasteiger partial charge >= 0.3 is 0 Å². The maximum Gasteiger partial charge on any atom is 0.132 e. The molecule has 1 aromatic rings. The Morgan fingerprint density at radius 2 is 2.35 bits per heavy atom. The van der Waals surface area contributed by atoms with Crippen molar-refractivity contribution in [2.45, 2.75) is 12.5 Å². The number of nitrogens with one attached hydrogen (secondary N) is 1. The Balaban J connectivity index is 2.19. The second-order valence-electron chi connectivity index (χ2n) is 4.34. The Bertz CT molecular complexity index is 436. The highest BCUT2D eigenvalue weighted by Crippen LogP contribution is 2.25. The van der Waals surface area contributed by atoms with E-state index in [0.717, 1.165) is 19.5 Å². The van der Waals surface area contributed by atoms with E-state index in [2.05, 4.69) is 11.9 Å². The van der Waals surface area contributed by atoms with Crippen molar-refractivity contribution in [1.29, 1.82) is 5.41 Å². The lowest BCUT2D eigenvalue weighted by atomic mass is 10.2. The third-order valence-electron chi connectivity index (χ3n) is 2.88. The molecule has 1 saturated heterocycles. The van der Waals surface area contributed by atoms with Crippen molar-refractivity contribution in [3.63, 3.8) is 0 Å². The molecule has 0 radical (unpaired) electrons. The first kappa shape index (κ1) is 12.2. The quantitative estimate of drug-likeness (QED) is 0.637. The molecule has 92 valence electrons. The van der Waals surface area contributed by atoms with Gasteiger partial charge in [-0.25, -0.2) is 0 Å². The molecule has 2 rings (SSSR count). The van der Waals surface area contributed by atoms with Gasteiger partial charge < -0.3 is 15.4 Å². The number of hydrogen-bond donors (Lipinski definition) is 2. The highest BCUT2D eigenvalue weighted by molar-refractivity contribution is 6.30. The third kappa shape index (κ3) is 2.90. The van der Waals surface area contributed by atoms with E-state index in [0.29, 0.717) is 16.3 Å². The van der Waals surface area contributed by atoms with Gasteiger partial charge in [0.15, 0.2) is 0 Å². The molecule has 0 aromatic heterocycles. The predicted molar refractivity (Wildman–Crippen MR) is 69.0 cm³/mol. The summed E-state index contributed by atoms with van der Waals surface area (Å²) >= 11 is 5.93. The van der Waals surface area contributed by atoms with E-state index in [1.807, 2.05) is 0 Å². The van der Waals surface area contributed by atoms with Crippen molar-refractivity contribution in [2.75, 3.05) is 20.1 Å². The number of hydrogen-bond acceptors (Lipinski definition) is 3. The highest BCUT2D eigenvalue weighted by atomic mass is 35.5. The Kier molecular flexibility index (Phi) is 3.54. The smallest absolute Gasteiger partial charge is 0.132 e. The van der Waals surface area contributed by atoms with Crippen LogP contribution in [0.25, 0.3) is 0 Å². The number of amidine groups is 1. The van der Waals surface area contributed by atoms with Gasteiger partial charge in [-0.1, -0.05) is 11.6 Å². The normalized spacial score (nSPS) is 20.5. The lowest BCUT2D eigenvalue weighted by Crippen LogP contribution is -2.23. The molecular weight excluding hydrogens is 238 g/mol. The Morgan fingerprint density at radius 3 is 2.94 bits per heavy atom. The minimum absolute atomic E-state index is 0.00279. The topological polar surface area (TPSA) is 62.3 Å². The van der Waals surface area contributed by atoms with Crippen LogP contribution in [0.2, 0.25) is 5.02 Å². The standard InChI is InChI=1S/C12H16ClN3O/c1-16-5-4-9(7-16)17-11-6-8(13)2-3-10(11)12(14)15/h2-3,6,9H,4-5,7H2,1H3,(H3,14,15). The minimum atomic E-state index is 0.00279. The van der Waals surface area contributed by atoms with Gasteiger partial charge in [-0.2, -0.15) is 0 Å². The average molecular weight is 254 g/mol. The molecule has 0 amide bonds. The minimum Gasteiger partial charge on any atom is -0.488 e. The second-order valence-corrected chi connectivity index (χ2v) is 4.78. The van der Waals surface area contributed by atoms with Gasteiger partial charge in [0.1, 0.15) is 17.7 Å². The van der Waals surface area contributed by atoms with E-state index >= 15 is 0 Å². The van der Waals surface area contributed by atoms with Crippen LogP contribution < -0.4 is 10.5 Å². The van der Waals surface area contributed by atoms with E-state index in [1.54, 1.807) is 18.2 Å². The van der Waals surface area contributed by atoms with Gasteiger partial charge in [-0.05, 0) is 31.7 Å². The van der Waals surface area contributed by atoms with Gasteiger partial charge in [0.05, 0.1) is 5.56 Å². The summed E-state index contributed by atoms with van der Waals surface area (Å²) in [6.07, 6.45) is 1.14. The van der Waals surface area contributed by atoms with E-state index < -0.39 is 0 Å². The van der Waals surface area contributed by atoms with Crippen molar-refractivity contribution in [2.24, 2.45) is 5.73 Å². The molecule has 3 N–H and O–H groups in total. The molecule has 1 unspecified atom stereocenters. The fourth-order valence-electron chi connectivity index (χ4n) is 1.99. The number of ether oxygens (including phenoxy) is 1. The van der Waals surface area contributed by atoms with E-state index in [4.69, 9.17) is 27.5 Å². The summed E-state index contributed by atoms with van der Waals surface area (Å²) in [5.41, 5.74) is 6.12. The summed E-state index contributed by atoms with van der Waals surface area (Å²) in [5.74, 6) is 0.605. The molecule has 0 spiro atoms. The molecule has 4 nitrogen and oxygen atoms in total. The molecule has 5 heteroatoms. The van der Waals surface area contributed by atoms with E-state index in [-0.39, 0.29) is 11.9 Å². The average Bonchev–Trinajstić information content (AvgIpc) is 2.63. The Labute approximate surface area is 106 Å². The van der Waals surface area contributed by atoms with Crippen molar-refractivity contribution in [1.82, 2.24) is 4.90 Å². The Hall–Kier alpha value is -1.26. The zero-order chi connectivity index (χ0) is 12.4. The van der Waals surface area contributed by atoms with E-state index in [9.17, 15) is 0 Å². The van der Waals surface area contributed by atoms with Gasteiger partial charge in [0.25, 0.3) is 0 Å². The predicted octanol–water partition coefficient (Wildman–Crippen LogP) is 1.71. The largest absolute Gasteiger partial charge is 0.488 e. The maximum atomic E-state index is 7.50. The fraction of sp³-hybridized carbons (Fsp3) is 0.417. The molecule has 1 aliphatic heterocycles. The van der Waals surface area contributed by atoms with Crippen LogP contribution in [0, 0.1) is 5.41 Å². The molecule has 1 heterocycles. The molecule has 17 heavy (non-hydrogen) atoms. The van der Waals surface area contributed by atoms with Gasteiger partial charge in [0, 0.05) is 18.1 Å². The fourth-order valence-corrected chi connectivity index (χ4v) is 2.15. The molecule has 1 aromatic carbocycles. The molecule has 1 aliphatic rings. The maximum absolute atomic E-state index is 7.50. The number of nitrogens with zero attached hydrogens (tertiary/aromatic N) is 1. The van der Waals surface area contributed by atoms with Crippen LogP contribution >= 0.6 is 11.6 Å². The first-order valence-corrected chi connectivity index (χ1v) is 5.93. The van der Waals surface area contributed by atoms with Crippen LogP contribution in [0.4, 0.5) is 0 Å². The van der Waals surface area contributed by atoms with Crippen molar-refractivity contribution >= 4 is 17.4 Å². The van der Waals surface area contributed by atoms with Crippen LogP contribution in [-0.2, 0) is 0 Å². The van der Waals surface area contributed by atoms with Crippen molar-refractivity contribution in [3.8, 4) is 5.75 Å².